The number of benzene rings is 2. The molecule has 108 valence electrons. The maximum absolute atomic E-state index is 13.7. The first-order valence-corrected chi connectivity index (χ1v) is 6.88. The highest BCUT2D eigenvalue weighted by Gasteiger charge is 2.30. The van der Waals surface area contributed by atoms with Crippen LogP contribution in [0, 0.1) is 19.7 Å². The summed E-state index contributed by atoms with van der Waals surface area (Å²) in [6.07, 6.45) is 0. The summed E-state index contributed by atoms with van der Waals surface area (Å²) in [4.78, 5) is 0. The third-order valence-electron chi connectivity index (χ3n) is 4.04. The molecule has 1 aromatic heterocycles. The molecule has 1 unspecified atom stereocenters. The molecule has 3 aromatic rings. The van der Waals surface area contributed by atoms with E-state index in [-0.39, 0.29) is 5.58 Å². The third-order valence-corrected chi connectivity index (χ3v) is 4.04. The number of hydrogen-bond acceptors (Lipinski definition) is 2. The fraction of sp³-hybridized carbons (Fsp3) is 0.222. The van der Waals surface area contributed by atoms with E-state index in [1.54, 1.807) is 25.1 Å². The Morgan fingerprint density at radius 2 is 1.81 bits per heavy atom. The number of halogens is 1. The summed E-state index contributed by atoms with van der Waals surface area (Å²) in [6.45, 7) is 5.67. The number of rotatable bonds is 2. The Bertz CT molecular complexity index is 815. The minimum absolute atomic E-state index is 0.177. The Morgan fingerprint density at radius 3 is 2.48 bits per heavy atom. The molecule has 0 spiro atoms. The fourth-order valence-electron chi connectivity index (χ4n) is 2.45. The van der Waals surface area contributed by atoms with Gasteiger partial charge in [0.05, 0.1) is 0 Å². The molecule has 0 aliphatic heterocycles. The van der Waals surface area contributed by atoms with E-state index in [0.29, 0.717) is 11.1 Å². The monoisotopic (exact) mass is 284 g/mol. The van der Waals surface area contributed by atoms with Crippen LogP contribution in [-0.4, -0.2) is 5.11 Å². The molecular formula is C18H17FO2. The highest BCUT2D eigenvalue weighted by atomic mass is 19.1. The molecule has 0 bridgehead atoms. The van der Waals surface area contributed by atoms with Crippen LogP contribution in [0.3, 0.4) is 0 Å². The Kier molecular flexibility index (Phi) is 3.10. The number of para-hydroxylation sites is 1. The molecule has 3 rings (SSSR count). The van der Waals surface area contributed by atoms with E-state index >= 15 is 0 Å². The molecule has 0 fully saturated rings. The molecule has 0 amide bonds. The molecule has 0 saturated heterocycles. The lowest BCUT2D eigenvalue weighted by Gasteiger charge is -2.22. The summed E-state index contributed by atoms with van der Waals surface area (Å²) in [7, 11) is 0. The van der Waals surface area contributed by atoms with Crippen molar-refractivity contribution in [2.45, 2.75) is 26.4 Å². The number of aryl methyl sites for hydroxylation is 2. The first-order valence-electron chi connectivity index (χ1n) is 6.88. The van der Waals surface area contributed by atoms with Crippen LogP contribution in [0.5, 0.6) is 0 Å². The van der Waals surface area contributed by atoms with Crippen molar-refractivity contribution in [3.8, 4) is 0 Å². The molecule has 0 aliphatic rings. The molecule has 2 nitrogen and oxygen atoms in total. The van der Waals surface area contributed by atoms with Gasteiger partial charge in [-0.15, -0.1) is 0 Å². The molecule has 1 heterocycles. The highest BCUT2D eigenvalue weighted by molar-refractivity contribution is 5.78. The first-order chi connectivity index (χ1) is 9.89. The van der Waals surface area contributed by atoms with E-state index in [9.17, 15) is 9.50 Å². The average molecular weight is 284 g/mol. The highest BCUT2D eigenvalue weighted by Crippen LogP contribution is 2.34. The van der Waals surface area contributed by atoms with Crippen LogP contribution in [0.2, 0.25) is 0 Å². The van der Waals surface area contributed by atoms with Gasteiger partial charge in [0.2, 0.25) is 0 Å². The molecule has 0 aliphatic carbocycles. The number of fused-ring (bicyclic) bond motifs is 1. The van der Waals surface area contributed by atoms with E-state index in [0.717, 1.165) is 16.7 Å². The van der Waals surface area contributed by atoms with Crippen molar-refractivity contribution in [1.29, 1.82) is 0 Å². The van der Waals surface area contributed by atoms with Gasteiger partial charge in [0.1, 0.15) is 11.4 Å². The summed E-state index contributed by atoms with van der Waals surface area (Å²) in [5.74, 6) is -0.0829. The normalized spacial score (nSPS) is 14.3. The zero-order valence-electron chi connectivity index (χ0n) is 12.3. The van der Waals surface area contributed by atoms with E-state index in [2.05, 4.69) is 0 Å². The fourth-order valence-corrected chi connectivity index (χ4v) is 2.45. The topological polar surface area (TPSA) is 33.4 Å². The largest absolute Gasteiger partial charge is 0.455 e. The van der Waals surface area contributed by atoms with Gasteiger partial charge in [-0.2, -0.15) is 0 Å². The summed E-state index contributed by atoms with van der Waals surface area (Å²) in [5, 5.41) is 11.5. The molecule has 3 heteroatoms. The van der Waals surface area contributed by atoms with E-state index < -0.39 is 11.4 Å². The van der Waals surface area contributed by atoms with Gasteiger partial charge in [0.25, 0.3) is 0 Å². The number of aliphatic hydroxyl groups is 1. The summed E-state index contributed by atoms with van der Waals surface area (Å²) in [5.41, 5.74) is 1.85. The van der Waals surface area contributed by atoms with E-state index in [1.807, 2.05) is 32.0 Å². The van der Waals surface area contributed by atoms with Gasteiger partial charge in [0, 0.05) is 5.39 Å². The SMILES string of the molecule is Cc1ccc(C(C)(O)c2cc3cccc(F)c3o2)cc1C. The van der Waals surface area contributed by atoms with Crippen LogP contribution in [0.25, 0.3) is 11.0 Å². The Balaban J connectivity index is 2.14. The number of furan rings is 1. The van der Waals surface area contributed by atoms with Gasteiger partial charge in [-0.3, -0.25) is 0 Å². The van der Waals surface area contributed by atoms with Crippen LogP contribution in [0.15, 0.2) is 46.9 Å². The molecule has 0 radical (unpaired) electrons. The van der Waals surface area contributed by atoms with E-state index in [4.69, 9.17) is 4.42 Å². The molecule has 21 heavy (non-hydrogen) atoms. The molecular weight excluding hydrogens is 267 g/mol. The lowest BCUT2D eigenvalue weighted by atomic mass is 9.91. The minimum Gasteiger partial charge on any atom is -0.455 e. The smallest absolute Gasteiger partial charge is 0.170 e. The second-order valence-corrected chi connectivity index (χ2v) is 5.64. The van der Waals surface area contributed by atoms with Crippen LogP contribution in [0.1, 0.15) is 29.4 Å². The van der Waals surface area contributed by atoms with Crippen LogP contribution in [-0.2, 0) is 5.60 Å². The van der Waals surface area contributed by atoms with Gasteiger partial charge in [-0.25, -0.2) is 4.39 Å². The third kappa shape index (κ3) is 2.24. The van der Waals surface area contributed by atoms with Crippen LogP contribution in [0.4, 0.5) is 4.39 Å². The summed E-state index contributed by atoms with van der Waals surface area (Å²) >= 11 is 0. The quantitative estimate of drug-likeness (QED) is 0.754. The van der Waals surface area contributed by atoms with Crippen molar-refractivity contribution < 1.29 is 13.9 Å². The van der Waals surface area contributed by atoms with Crippen LogP contribution < -0.4 is 0 Å². The maximum atomic E-state index is 13.7. The van der Waals surface area contributed by atoms with E-state index in [1.165, 1.54) is 6.07 Å². The lowest BCUT2D eigenvalue weighted by Crippen LogP contribution is -2.22. The van der Waals surface area contributed by atoms with Gasteiger partial charge in [-0.05, 0) is 49.6 Å². The van der Waals surface area contributed by atoms with Crippen molar-refractivity contribution in [3.63, 3.8) is 0 Å². The van der Waals surface area contributed by atoms with Crippen molar-refractivity contribution in [3.05, 3.63) is 70.7 Å². The van der Waals surface area contributed by atoms with Crippen molar-refractivity contribution in [2.24, 2.45) is 0 Å². The standard InChI is InChI=1S/C18H17FO2/c1-11-7-8-14(9-12(11)2)18(3,20)16-10-13-5-4-6-15(19)17(13)21-16/h4-10,20H,1-3H3. The summed E-state index contributed by atoms with van der Waals surface area (Å²) in [6, 6.07) is 12.2. The van der Waals surface area contributed by atoms with Gasteiger partial charge >= 0.3 is 0 Å². The zero-order chi connectivity index (χ0) is 15.2. The van der Waals surface area contributed by atoms with Crippen molar-refractivity contribution >= 4 is 11.0 Å². The van der Waals surface area contributed by atoms with Gasteiger partial charge in [-0.1, -0.05) is 30.3 Å². The predicted molar refractivity (Wildman–Crippen MR) is 80.8 cm³/mol. The first kappa shape index (κ1) is 13.8. The molecule has 2 aromatic carbocycles. The Hall–Kier alpha value is -2.13. The second kappa shape index (κ2) is 4.71. The Morgan fingerprint density at radius 1 is 1.05 bits per heavy atom. The van der Waals surface area contributed by atoms with Gasteiger partial charge in [0.15, 0.2) is 11.4 Å². The Labute approximate surface area is 122 Å². The molecule has 0 saturated carbocycles. The van der Waals surface area contributed by atoms with Crippen LogP contribution >= 0.6 is 0 Å². The number of hydrogen-bond donors (Lipinski definition) is 1. The van der Waals surface area contributed by atoms with Crippen molar-refractivity contribution in [2.75, 3.05) is 0 Å². The second-order valence-electron chi connectivity index (χ2n) is 5.64. The average Bonchev–Trinajstić information content (AvgIpc) is 2.88. The predicted octanol–water partition coefficient (Wildman–Crippen LogP) is 4.44. The molecule has 1 N–H and O–H groups in total. The zero-order valence-corrected chi connectivity index (χ0v) is 12.3. The maximum Gasteiger partial charge on any atom is 0.170 e. The lowest BCUT2D eigenvalue weighted by molar-refractivity contribution is 0.0784. The minimum atomic E-state index is -1.30. The van der Waals surface area contributed by atoms with Gasteiger partial charge < -0.3 is 9.52 Å². The summed E-state index contributed by atoms with van der Waals surface area (Å²) < 4.78 is 19.3. The molecule has 1 atom stereocenters. The van der Waals surface area contributed by atoms with Crippen molar-refractivity contribution in [1.82, 2.24) is 0 Å².